The predicted molar refractivity (Wildman–Crippen MR) is 123 cm³/mol. The summed E-state index contributed by atoms with van der Waals surface area (Å²) in [5.41, 5.74) is 5.17. The van der Waals surface area contributed by atoms with E-state index < -0.39 is 33.0 Å². The van der Waals surface area contributed by atoms with E-state index in [0.717, 1.165) is 23.5 Å². The first-order valence-corrected chi connectivity index (χ1v) is 13.0. The number of carbonyl (C=O) groups excluding carboxylic acids is 1. The molecule has 3 heterocycles. The molecule has 182 valence electrons. The van der Waals surface area contributed by atoms with Crippen molar-refractivity contribution in [2.75, 3.05) is 29.9 Å². The number of aromatic nitrogens is 4. The number of nitrogens with zero attached hydrogens (tertiary/aromatic N) is 5. The SMILES string of the molecule is Nc1nc(NC2CCN(S(=O)(=O)CCCn3cncn3)CC2)sc1C(=O)c1c(F)cccc1F. The van der Waals surface area contributed by atoms with Gasteiger partial charge in [0.15, 0.2) is 5.13 Å². The smallest absolute Gasteiger partial charge is 0.214 e. The largest absolute Gasteiger partial charge is 0.382 e. The summed E-state index contributed by atoms with van der Waals surface area (Å²) in [6, 6.07) is 3.10. The molecule has 34 heavy (non-hydrogen) atoms. The summed E-state index contributed by atoms with van der Waals surface area (Å²) in [4.78, 5) is 20.5. The molecule has 0 amide bonds. The van der Waals surface area contributed by atoms with E-state index >= 15 is 0 Å². The third-order valence-electron chi connectivity index (χ3n) is 5.48. The molecule has 1 fully saturated rings. The van der Waals surface area contributed by atoms with E-state index in [2.05, 4.69) is 20.4 Å². The fourth-order valence-corrected chi connectivity index (χ4v) is 6.15. The van der Waals surface area contributed by atoms with Crippen LogP contribution in [0.2, 0.25) is 0 Å². The monoisotopic (exact) mass is 511 g/mol. The third kappa shape index (κ3) is 5.39. The van der Waals surface area contributed by atoms with E-state index in [1.165, 1.54) is 16.7 Å². The second-order valence-electron chi connectivity index (χ2n) is 7.80. The van der Waals surface area contributed by atoms with Gasteiger partial charge < -0.3 is 11.1 Å². The van der Waals surface area contributed by atoms with Gasteiger partial charge in [0.25, 0.3) is 0 Å². The van der Waals surface area contributed by atoms with Crippen molar-refractivity contribution < 1.29 is 22.0 Å². The Balaban J connectivity index is 1.32. The predicted octanol–water partition coefficient (Wildman–Crippen LogP) is 2.12. The van der Waals surface area contributed by atoms with Gasteiger partial charge >= 0.3 is 0 Å². The third-order valence-corrected chi connectivity index (χ3v) is 8.44. The van der Waals surface area contributed by atoms with Crippen LogP contribution in [-0.2, 0) is 16.6 Å². The topological polar surface area (TPSA) is 136 Å². The van der Waals surface area contributed by atoms with Crippen molar-refractivity contribution in [3.05, 3.63) is 52.9 Å². The number of piperidine rings is 1. The molecular formula is C20H23F2N7O3S2. The van der Waals surface area contributed by atoms with Crippen molar-refractivity contribution in [1.82, 2.24) is 24.1 Å². The summed E-state index contributed by atoms with van der Waals surface area (Å²) in [5.74, 6) is -2.91. The number of nitrogen functional groups attached to an aromatic ring is 1. The Bertz CT molecular complexity index is 1240. The van der Waals surface area contributed by atoms with Gasteiger partial charge in [-0.1, -0.05) is 17.4 Å². The number of hydrogen-bond donors (Lipinski definition) is 2. The lowest BCUT2D eigenvalue weighted by atomic mass is 10.1. The standard InChI is InChI=1S/C20H23F2N7O3S2/c21-14-3-1-4-15(22)16(14)17(30)18-19(23)27-20(33-18)26-13-5-8-29(9-6-13)34(31,32)10-2-7-28-12-24-11-25-28/h1,3-4,11-13H,2,5-10,23H2,(H,26,27). The molecule has 0 unspecified atom stereocenters. The molecule has 2 aromatic heterocycles. The summed E-state index contributed by atoms with van der Waals surface area (Å²) < 4.78 is 56.3. The van der Waals surface area contributed by atoms with Crippen LogP contribution >= 0.6 is 11.3 Å². The van der Waals surface area contributed by atoms with Gasteiger partial charge in [-0.3, -0.25) is 9.48 Å². The van der Waals surface area contributed by atoms with Gasteiger partial charge in [-0.2, -0.15) is 5.10 Å². The Morgan fingerprint density at radius 2 is 1.94 bits per heavy atom. The number of nitrogens with two attached hydrogens (primary N) is 1. The highest BCUT2D eigenvalue weighted by molar-refractivity contribution is 7.89. The molecule has 0 saturated carbocycles. The molecular weight excluding hydrogens is 488 g/mol. The number of halogens is 2. The van der Waals surface area contributed by atoms with Gasteiger partial charge in [-0.25, -0.2) is 31.5 Å². The minimum atomic E-state index is -3.39. The number of sulfonamides is 1. The maximum Gasteiger partial charge on any atom is 0.214 e. The summed E-state index contributed by atoms with van der Waals surface area (Å²) in [6.45, 7) is 1.16. The maximum atomic E-state index is 14.0. The van der Waals surface area contributed by atoms with E-state index in [9.17, 15) is 22.0 Å². The minimum Gasteiger partial charge on any atom is -0.382 e. The van der Waals surface area contributed by atoms with E-state index in [0.29, 0.717) is 44.0 Å². The molecule has 1 aliphatic heterocycles. The van der Waals surface area contributed by atoms with Crippen LogP contribution in [0.4, 0.5) is 19.7 Å². The lowest BCUT2D eigenvalue weighted by Crippen LogP contribution is -2.43. The number of nitrogens with one attached hydrogen (secondary N) is 1. The maximum absolute atomic E-state index is 14.0. The molecule has 3 N–H and O–H groups in total. The van der Waals surface area contributed by atoms with Gasteiger partial charge in [-0.15, -0.1) is 0 Å². The van der Waals surface area contributed by atoms with Crippen molar-refractivity contribution in [1.29, 1.82) is 0 Å². The van der Waals surface area contributed by atoms with Crippen LogP contribution in [-0.4, -0.2) is 63.1 Å². The number of anilines is 2. The minimum absolute atomic E-state index is 0.0199. The lowest BCUT2D eigenvalue weighted by molar-refractivity contribution is 0.103. The number of hydrogen-bond acceptors (Lipinski definition) is 9. The number of rotatable bonds is 9. The zero-order chi connectivity index (χ0) is 24.3. The lowest BCUT2D eigenvalue weighted by Gasteiger charge is -2.31. The van der Waals surface area contributed by atoms with Crippen LogP contribution in [0.3, 0.4) is 0 Å². The summed E-state index contributed by atoms with van der Waals surface area (Å²) in [6.07, 6.45) is 4.45. The van der Waals surface area contributed by atoms with Crippen LogP contribution in [0.15, 0.2) is 30.9 Å². The van der Waals surface area contributed by atoms with Crippen molar-refractivity contribution >= 4 is 38.1 Å². The summed E-state index contributed by atoms with van der Waals surface area (Å²) in [7, 11) is -3.39. The fourth-order valence-electron chi connectivity index (χ4n) is 3.72. The fraction of sp³-hybridized carbons (Fsp3) is 0.400. The molecule has 14 heteroatoms. The van der Waals surface area contributed by atoms with E-state index in [-0.39, 0.29) is 22.5 Å². The number of aryl methyl sites for hydroxylation is 1. The first kappa shape index (κ1) is 24.2. The quantitative estimate of drug-likeness (QED) is 0.417. The van der Waals surface area contributed by atoms with E-state index in [1.807, 2.05) is 0 Å². The number of benzene rings is 1. The average molecular weight is 512 g/mol. The molecule has 1 aromatic carbocycles. The highest BCUT2D eigenvalue weighted by atomic mass is 32.2. The first-order chi connectivity index (χ1) is 16.2. The Morgan fingerprint density at radius 3 is 2.59 bits per heavy atom. The molecule has 0 atom stereocenters. The van der Waals surface area contributed by atoms with E-state index in [1.54, 1.807) is 11.0 Å². The van der Waals surface area contributed by atoms with Crippen LogP contribution in [0.5, 0.6) is 0 Å². The molecule has 0 radical (unpaired) electrons. The Morgan fingerprint density at radius 1 is 1.24 bits per heavy atom. The van der Waals surface area contributed by atoms with E-state index in [4.69, 9.17) is 5.73 Å². The second kappa shape index (κ2) is 10.1. The average Bonchev–Trinajstić information content (AvgIpc) is 3.43. The van der Waals surface area contributed by atoms with Crippen LogP contribution in [0.1, 0.15) is 34.5 Å². The Hall–Kier alpha value is -2.97. The normalized spacial score (nSPS) is 15.5. The van der Waals surface area contributed by atoms with Crippen molar-refractivity contribution in [3.8, 4) is 0 Å². The zero-order valence-electron chi connectivity index (χ0n) is 18.0. The van der Waals surface area contributed by atoms with Crippen molar-refractivity contribution in [2.24, 2.45) is 0 Å². The molecule has 0 aliphatic carbocycles. The van der Waals surface area contributed by atoms with Crippen LogP contribution < -0.4 is 11.1 Å². The molecule has 3 aromatic rings. The zero-order valence-corrected chi connectivity index (χ0v) is 19.7. The Kier molecular flexibility index (Phi) is 7.19. The summed E-state index contributed by atoms with van der Waals surface area (Å²) in [5, 5.41) is 7.46. The first-order valence-electron chi connectivity index (χ1n) is 10.6. The van der Waals surface area contributed by atoms with Crippen molar-refractivity contribution in [3.63, 3.8) is 0 Å². The van der Waals surface area contributed by atoms with Gasteiger partial charge in [0.2, 0.25) is 15.8 Å². The number of carbonyl (C=O) groups is 1. The Labute approximate surface area is 198 Å². The van der Waals surface area contributed by atoms with Crippen LogP contribution in [0.25, 0.3) is 0 Å². The molecule has 0 bridgehead atoms. The number of thiazole rings is 1. The molecule has 10 nitrogen and oxygen atoms in total. The van der Waals surface area contributed by atoms with Gasteiger partial charge in [0.1, 0.15) is 35.0 Å². The highest BCUT2D eigenvalue weighted by Crippen LogP contribution is 2.30. The van der Waals surface area contributed by atoms with Crippen LogP contribution in [0, 0.1) is 11.6 Å². The molecule has 4 rings (SSSR count). The molecule has 1 saturated heterocycles. The summed E-state index contributed by atoms with van der Waals surface area (Å²) >= 11 is 0.914. The molecule has 0 spiro atoms. The number of ketones is 1. The van der Waals surface area contributed by atoms with Gasteiger partial charge in [-0.05, 0) is 31.4 Å². The van der Waals surface area contributed by atoms with Gasteiger partial charge in [0, 0.05) is 25.7 Å². The highest BCUT2D eigenvalue weighted by Gasteiger charge is 2.29. The molecule has 1 aliphatic rings. The van der Waals surface area contributed by atoms with Gasteiger partial charge in [0.05, 0.1) is 11.3 Å². The van der Waals surface area contributed by atoms with Crippen molar-refractivity contribution in [2.45, 2.75) is 31.8 Å². The second-order valence-corrected chi connectivity index (χ2v) is 10.9.